The van der Waals surface area contributed by atoms with E-state index >= 15 is 0 Å². The molecule has 0 atom stereocenters. The van der Waals surface area contributed by atoms with Crippen LogP contribution in [0.3, 0.4) is 0 Å². The van der Waals surface area contributed by atoms with Crippen molar-refractivity contribution in [2.24, 2.45) is 0 Å². The fraction of sp³-hybridized carbons (Fsp3) is 0.214. The van der Waals surface area contributed by atoms with Gasteiger partial charge in [0.1, 0.15) is 5.82 Å². The molecule has 1 aromatic heterocycles. The van der Waals surface area contributed by atoms with Crippen molar-refractivity contribution in [3.63, 3.8) is 0 Å². The van der Waals surface area contributed by atoms with Gasteiger partial charge in [0.2, 0.25) is 0 Å². The second kappa shape index (κ2) is 6.38. The van der Waals surface area contributed by atoms with Crippen LogP contribution in [0.25, 0.3) is 0 Å². The van der Waals surface area contributed by atoms with Gasteiger partial charge < -0.3 is 5.32 Å². The van der Waals surface area contributed by atoms with Gasteiger partial charge in [-0.25, -0.2) is 13.4 Å². The Balaban J connectivity index is 2.13. The van der Waals surface area contributed by atoms with Gasteiger partial charge in [-0.2, -0.15) is 0 Å². The van der Waals surface area contributed by atoms with Crippen LogP contribution in [0.2, 0.25) is 0 Å². The quantitative estimate of drug-likeness (QED) is 0.858. The molecule has 1 aromatic carbocycles. The zero-order valence-electron chi connectivity index (χ0n) is 11.2. The molecule has 0 saturated heterocycles. The van der Waals surface area contributed by atoms with Crippen LogP contribution in [-0.4, -0.2) is 19.9 Å². The van der Waals surface area contributed by atoms with E-state index in [9.17, 15) is 8.42 Å². The molecule has 0 aliphatic heterocycles. The van der Waals surface area contributed by atoms with E-state index in [0.29, 0.717) is 5.82 Å². The number of nitrogens with zero attached hydrogens (tertiary/aromatic N) is 1. The summed E-state index contributed by atoms with van der Waals surface area (Å²) in [7, 11) is -3.59. The van der Waals surface area contributed by atoms with Gasteiger partial charge in [-0.3, -0.25) is 4.72 Å². The summed E-state index contributed by atoms with van der Waals surface area (Å²) in [6, 6.07) is 11.7. The van der Waals surface area contributed by atoms with Crippen molar-refractivity contribution < 1.29 is 8.42 Å². The van der Waals surface area contributed by atoms with Gasteiger partial charge in [-0.15, -0.1) is 0 Å². The molecule has 106 valence electrons. The van der Waals surface area contributed by atoms with E-state index in [-0.39, 0.29) is 4.90 Å². The summed E-state index contributed by atoms with van der Waals surface area (Å²) >= 11 is 0. The maximum atomic E-state index is 12.2. The Morgan fingerprint density at radius 2 is 1.85 bits per heavy atom. The lowest BCUT2D eigenvalue weighted by molar-refractivity contribution is 0.601. The highest BCUT2D eigenvalue weighted by molar-refractivity contribution is 7.92. The van der Waals surface area contributed by atoms with Crippen LogP contribution in [0.1, 0.15) is 13.3 Å². The van der Waals surface area contributed by atoms with E-state index in [1.165, 1.54) is 6.20 Å². The van der Waals surface area contributed by atoms with Crippen LogP contribution in [0.5, 0.6) is 0 Å². The Morgan fingerprint density at radius 1 is 1.10 bits per heavy atom. The summed E-state index contributed by atoms with van der Waals surface area (Å²) in [6.07, 6.45) is 2.55. The first-order valence-electron chi connectivity index (χ1n) is 6.39. The van der Waals surface area contributed by atoms with Crippen molar-refractivity contribution in [1.82, 2.24) is 4.98 Å². The fourth-order valence-corrected chi connectivity index (χ4v) is 2.65. The molecular weight excluding hydrogens is 274 g/mol. The molecule has 20 heavy (non-hydrogen) atoms. The van der Waals surface area contributed by atoms with Gasteiger partial charge in [0.25, 0.3) is 10.0 Å². The average molecular weight is 291 g/mol. The molecule has 6 heteroatoms. The van der Waals surface area contributed by atoms with Crippen LogP contribution in [0, 0.1) is 0 Å². The molecule has 0 aliphatic carbocycles. The van der Waals surface area contributed by atoms with Crippen molar-refractivity contribution in [2.45, 2.75) is 18.2 Å². The zero-order valence-corrected chi connectivity index (χ0v) is 12.0. The van der Waals surface area contributed by atoms with Crippen LogP contribution in [0.15, 0.2) is 53.6 Å². The summed E-state index contributed by atoms with van der Waals surface area (Å²) in [4.78, 5) is 4.16. The topological polar surface area (TPSA) is 71.1 Å². The smallest absolute Gasteiger partial charge is 0.263 e. The first-order chi connectivity index (χ1) is 9.62. The van der Waals surface area contributed by atoms with Crippen LogP contribution in [-0.2, 0) is 10.0 Å². The van der Waals surface area contributed by atoms with E-state index < -0.39 is 10.0 Å². The van der Waals surface area contributed by atoms with E-state index in [1.807, 2.05) is 0 Å². The third-order valence-corrected chi connectivity index (χ3v) is 4.02. The third kappa shape index (κ3) is 3.71. The maximum Gasteiger partial charge on any atom is 0.263 e. The molecule has 2 aromatic rings. The lowest BCUT2D eigenvalue weighted by Crippen LogP contribution is -2.13. The summed E-state index contributed by atoms with van der Waals surface area (Å²) in [5, 5.41) is 3.20. The minimum atomic E-state index is -3.59. The molecule has 0 fully saturated rings. The molecule has 2 rings (SSSR count). The number of rotatable bonds is 6. The predicted molar refractivity (Wildman–Crippen MR) is 80.3 cm³/mol. The SMILES string of the molecule is CCCNc1ccc(S(=O)(=O)Nc2ccccn2)cc1. The second-order valence-corrected chi connectivity index (χ2v) is 5.95. The predicted octanol–water partition coefficient (Wildman–Crippen LogP) is 2.70. The molecule has 0 saturated carbocycles. The van der Waals surface area contributed by atoms with E-state index in [2.05, 4.69) is 21.9 Å². The number of hydrogen-bond donors (Lipinski definition) is 2. The molecule has 0 aliphatic rings. The number of aromatic nitrogens is 1. The number of pyridine rings is 1. The minimum absolute atomic E-state index is 0.213. The second-order valence-electron chi connectivity index (χ2n) is 4.27. The summed E-state index contributed by atoms with van der Waals surface area (Å²) in [6.45, 7) is 2.93. The average Bonchev–Trinajstić information content (AvgIpc) is 2.46. The van der Waals surface area contributed by atoms with Gasteiger partial charge in [0, 0.05) is 18.4 Å². The Kier molecular flexibility index (Phi) is 4.57. The molecule has 0 unspecified atom stereocenters. The minimum Gasteiger partial charge on any atom is -0.385 e. The molecular formula is C14H17N3O2S. The van der Waals surface area contributed by atoms with E-state index in [4.69, 9.17) is 0 Å². The lowest BCUT2D eigenvalue weighted by atomic mass is 10.3. The maximum absolute atomic E-state index is 12.2. The van der Waals surface area contributed by atoms with Gasteiger partial charge in [-0.05, 0) is 42.8 Å². The summed E-state index contributed by atoms with van der Waals surface area (Å²) in [5.41, 5.74) is 0.906. The van der Waals surface area contributed by atoms with E-state index in [1.54, 1.807) is 42.5 Å². The standard InChI is InChI=1S/C14H17N3O2S/c1-2-10-15-12-6-8-13(9-7-12)20(18,19)17-14-5-3-4-11-16-14/h3-9,11,15H,2,10H2,1H3,(H,16,17). The Hall–Kier alpha value is -2.08. The highest BCUT2D eigenvalue weighted by Gasteiger charge is 2.14. The number of nitrogens with one attached hydrogen (secondary N) is 2. The highest BCUT2D eigenvalue weighted by atomic mass is 32.2. The molecule has 1 heterocycles. The molecule has 0 radical (unpaired) electrons. The molecule has 0 bridgehead atoms. The number of benzene rings is 1. The number of hydrogen-bond acceptors (Lipinski definition) is 4. The van der Waals surface area contributed by atoms with Crippen molar-refractivity contribution in [1.29, 1.82) is 0 Å². The van der Waals surface area contributed by atoms with Crippen LogP contribution < -0.4 is 10.0 Å². The van der Waals surface area contributed by atoms with Crippen molar-refractivity contribution >= 4 is 21.5 Å². The number of anilines is 2. The van der Waals surface area contributed by atoms with Gasteiger partial charge in [0.05, 0.1) is 4.90 Å². The molecule has 0 spiro atoms. The monoisotopic (exact) mass is 291 g/mol. The van der Waals surface area contributed by atoms with E-state index in [0.717, 1.165) is 18.7 Å². The largest absolute Gasteiger partial charge is 0.385 e. The number of sulfonamides is 1. The fourth-order valence-electron chi connectivity index (χ4n) is 1.64. The Bertz CT molecular complexity index is 640. The molecule has 0 amide bonds. The zero-order chi connectivity index (χ0) is 14.4. The van der Waals surface area contributed by atoms with Crippen molar-refractivity contribution in [3.8, 4) is 0 Å². The first kappa shape index (κ1) is 14.3. The lowest BCUT2D eigenvalue weighted by Gasteiger charge is -2.08. The van der Waals surface area contributed by atoms with Gasteiger partial charge in [-0.1, -0.05) is 13.0 Å². The summed E-state index contributed by atoms with van der Waals surface area (Å²) < 4.78 is 26.7. The Labute approximate surface area is 119 Å². The third-order valence-electron chi connectivity index (χ3n) is 2.65. The summed E-state index contributed by atoms with van der Waals surface area (Å²) in [5.74, 6) is 0.306. The van der Waals surface area contributed by atoms with Crippen LogP contribution >= 0.6 is 0 Å². The normalized spacial score (nSPS) is 11.1. The van der Waals surface area contributed by atoms with Gasteiger partial charge in [0.15, 0.2) is 0 Å². The van der Waals surface area contributed by atoms with Crippen LogP contribution in [0.4, 0.5) is 11.5 Å². The van der Waals surface area contributed by atoms with Gasteiger partial charge >= 0.3 is 0 Å². The molecule has 2 N–H and O–H groups in total. The highest BCUT2D eigenvalue weighted by Crippen LogP contribution is 2.16. The Morgan fingerprint density at radius 3 is 2.45 bits per heavy atom. The van der Waals surface area contributed by atoms with Crippen molar-refractivity contribution in [3.05, 3.63) is 48.7 Å². The van der Waals surface area contributed by atoms with Crippen molar-refractivity contribution in [2.75, 3.05) is 16.6 Å². The molecule has 5 nitrogen and oxygen atoms in total. The first-order valence-corrected chi connectivity index (χ1v) is 7.88.